The maximum Gasteiger partial charge on any atom is 0.0614 e. The van der Waals surface area contributed by atoms with Crippen LogP contribution in [0.4, 0.5) is 0 Å². The van der Waals surface area contributed by atoms with Crippen molar-refractivity contribution in [3.8, 4) is 0 Å². The SMILES string of the molecule is CC(C)CC(CN)C(O)C1C2C3CCC(C3)C21. The Labute approximate surface area is 105 Å². The Kier molecular flexibility index (Phi) is 2.99. The molecule has 0 amide bonds. The standard InChI is InChI=1S/C15H27NO/c1-8(2)5-11(7-16)15(17)14-12-9-3-4-10(6-9)13(12)14/h8-15,17H,3-7,16H2,1-2H3. The van der Waals surface area contributed by atoms with Gasteiger partial charge in [-0.05, 0) is 73.7 Å². The summed E-state index contributed by atoms with van der Waals surface area (Å²) < 4.78 is 0. The van der Waals surface area contributed by atoms with Gasteiger partial charge in [0.15, 0.2) is 0 Å². The molecule has 3 aliphatic carbocycles. The Bertz CT molecular complexity index is 275. The topological polar surface area (TPSA) is 46.2 Å². The number of hydrogen-bond acceptors (Lipinski definition) is 2. The molecule has 0 aromatic carbocycles. The number of aliphatic hydroxyl groups is 1. The zero-order valence-electron chi connectivity index (χ0n) is 11.2. The van der Waals surface area contributed by atoms with Gasteiger partial charge in [0.2, 0.25) is 0 Å². The second-order valence-corrected chi connectivity index (χ2v) is 7.18. The normalized spacial score (nSPS) is 46.1. The van der Waals surface area contributed by atoms with Crippen molar-refractivity contribution in [1.29, 1.82) is 0 Å². The first-order chi connectivity index (χ1) is 8.13. The fourth-order valence-electron chi connectivity index (χ4n) is 5.14. The van der Waals surface area contributed by atoms with Crippen molar-refractivity contribution in [3.05, 3.63) is 0 Å². The minimum absolute atomic E-state index is 0.110. The number of fused-ring (bicyclic) bond motifs is 5. The molecule has 17 heavy (non-hydrogen) atoms. The number of rotatable bonds is 5. The molecule has 6 unspecified atom stereocenters. The van der Waals surface area contributed by atoms with E-state index in [1.54, 1.807) is 0 Å². The minimum Gasteiger partial charge on any atom is -0.392 e. The first-order valence-corrected chi connectivity index (χ1v) is 7.51. The van der Waals surface area contributed by atoms with Crippen molar-refractivity contribution in [1.82, 2.24) is 0 Å². The molecule has 0 heterocycles. The van der Waals surface area contributed by atoms with E-state index in [4.69, 9.17) is 5.73 Å². The van der Waals surface area contributed by atoms with E-state index in [1.807, 2.05) is 0 Å². The maximum absolute atomic E-state index is 10.6. The highest BCUT2D eigenvalue weighted by Gasteiger charge is 2.67. The van der Waals surface area contributed by atoms with Gasteiger partial charge in [-0.3, -0.25) is 0 Å². The van der Waals surface area contributed by atoms with Crippen LogP contribution in [0, 0.1) is 41.4 Å². The van der Waals surface area contributed by atoms with Crippen molar-refractivity contribution in [2.24, 2.45) is 47.2 Å². The van der Waals surface area contributed by atoms with Crippen molar-refractivity contribution in [2.45, 2.75) is 45.6 Å². The van der Waals surface area contributed by atoms with Crippen LogP contribution >= 0.6 is 0 Å². The van der Waals surface area contributed by atoms with E-state index >= 15 is 0 Å². The van der Waals surface area contributed by atoms with Crippen LogP contribution in [-0.2, 0) is 0 Å². The summed E-state index contributed by atoms with van der Waals surface area (Å²) in [5.74, 6) is 5.28. The Hall–Kier alpha value is -0.0800. The summed E-state index contributed by atoms with van der Waals surface area (Å²) in [5.41, 5.74) is 5.86. The lowest BCUT2D eigenvalue weighted by Crippen LogP contribution is -2.32. The Morgan fingerprint density at radius 2 is 1.76 bits per heavy atom. The van der Waals surface area contributed by atoms with Gasteiger partial charge < -0.3 is 10.8 Å². The third kappa shape index (κ3) is 1.84. The van der Waals surface area contributed by atoms with Crippen LogP contribution in [0.3, 0.4) is 0 Å². The van der Waals surface area contributed by atoms with Gasteiger partial charge in [-0.15, -0.1) is 0 Å². The lowest BCUT2D eigenvalue weighted by atomic mass is 9.86. The van der Waals surface area contributed by atoms with Gasteiger partial charge in [0.1, 0.15) is 0 Å². The first-order valence-electron chi connectivity index (χ1n) is 7.51. The molecule has 0 spiro atoms. The van der Waals surface area contributed by atoms with E-state index in [0.717, 1.165) is 30.1 Å². The Morgan fingerprint density at radius 1 is 1.18 bits per heavy atom. The molecular formula is C15H27NO. The summed E-state index contributed by atoms with van der Waals surface area (Å²) in [7, 11) is 0. The van der Waals surface area contributed by atoms with Crippen LogP contribution in [-0.4, -0.2) is 17.8 Å². The summed E-state index contributed by atoms with van der Waals surface area (Å²) in [6, 6.07) is 0. The lowest BCUT2D eigenvalue weighted by molar-refractivity contribution is 0.0625. The molecule has 3 rings (SSSR count). The molecule has 2 nitrogen and oxygen atoms in total. The molecule has 0 aliphatic heterocycles. The van der Waals surface area contributed by atoms with Gasteiger partial charge in [-0.25, -0.2) is 0 Å². The summed E-state index contributed by atoms with van der Waals surface area (Å²) in [4.78, 5) is 0. The van der Waals surface area contributed by atoms with Gasteiger partial charge in [0.25, 0.3) is 0 Å². The molecule has 2 heteroatoms. The van der Waals surface area contributed by atoms with E-state index in [2.05, 4.69) is 13.8 Å². The van der Waals surface area contributed by atoms with Crippen LogP contribution in [0.5, 0.6) is 0 Å². The van der Waals surface area contributed by atoms with E-state index in [1.165, 1.54) is 19.3 Å². The summed E-state index contributed by atoms with van der Waals surface area (Å²) >= 11 is 0. The monoisotopic (exact) mass is 237 g/mol. The van der Waals surface area contributed by atoms with Gasteiger partial charge in [-0.1, -0.05) is 13.8 Å². The molecule has 3 aliphatic rings. The highest BCUT2D eigenvalue weighted by Crippen LogP contribution is 2.70. The zero-order chi connectivity index (χ0) is 12.2. The average molecular weight is 237 g/mol. The molecular weight excluding hydrogens is 210 g/mol. The highest BCUT2D eigenvalue weighted by molar-refractivity contribution is 5.15. The van der Waals surface area contributed by atoms with Crippen molar-refractivity contribution < 1.29 is 5.11 Å². The number of hydrogen-bond donors (Lipinski definition) is 2. The Balaban J connectivity index is 1.62. The second-order valence-electron chi connectivity index (χ2n) is 7.18. The molecule has 98 valence electrons. The van der Waals surface area contributed by atoms with E-state index < -0.39 is 0 Å². The van der Waals surface area contributed by atoms with E-state index in [9.17, 15) is 5.11 Å². The smallest absolute Gasteiger partial charge is 0.0614 e. The lowest BCUT2D eigenvalue weighted by Gasteiger charge is -2.25. The molecule has 0 aromatic heterocycles. The summed E-state index contributed by atoms with van der Waals surface area (Å²) in [6.07, 6.45) is 5.32. The molecule has 0 radical (unpaired) electrons. The highest BCUT2D eigenvalue weighted by atomic mass is 16.3. The molecule has 3 fully saturated rings. The largest absolute Gasteiger partial charge is 0.392 e. The molecule has 0 aromatic rings. The van der Waals surface area contributed by atoms with Crippen molar-refractivity contribution in [2.75, 3.05) is 6.54 Å². The maximum atomic E-state index is 10.6. The third-order valence-corrected chi connectivity index (χ3v) is 5.75. The van der Waals surface area contributed by atoms with Crippen LogP contribution < -0.4 is 5.73 Å². The van der Waals surface area contributed by atoms with E-state index in [-0.39, 0.29) is 6.10 Å². The van der Waals surface area contributed by atoms with Crippen LogP contribution in [0.1, 0.15) is 39.5 Å². The fourth-order valence-corrected chi connectivity index (χ4v) is 5.14. The number of aliphatic hydroxyl groups excluding tert-OH is 1. The summed E-state index contributed by atoms with van der Waals surface area (Å²) in [5, 5.41) is 10.6. The van der Waals surface area contributed by atoms with Crippen molar-refractivity contribution >= 4 is 0 Å². The Morgan fingerprint density at radius 3 is 2.24 bits per heavy atom. The molecule has 0 saturated heterocycles. The average Bonchev–Trinajstić information content (AvgIpc) is 2.73. The number of nitrogens with two attached hydrogens (primary N) is 1. The van der Waals surface area contributed by atoms with Gasteiger partial charge >= 0.3 is 0 Å². The molecule has 3 saturated carbocycles. The predicted molar refractivity (Wildman–Crippen MR) is 69.3 cm³/mol. The zero-order valence-corrected chi connectivity index (χ0v) is 11.2. The molecule has 2 bridgehead atoms. The van der Waals surface area contributed by atoms with E-state index in [0.29, 0.717) is 24.3 Å². The minimum atomic E-state index is -0.110. The van der Waals surface area contributed by atoms with Gasteiger partial charge in [0, 0.05) is 0 Å². The fraction of sp³-hybridized carbons (Fsp3) is 1.00. The van der Waals surface area contributed by atoms with Gasteiger partial charge in [0.05, 0.1) is 6.10 Å². The van der Waals surface area contributed by atoms with Crippen LogP contribution in [0.2, 0.25) is 0 Å². The summed E-state index contributed by atoms with van der Waals surface area (Å²) in [6.45, 7) is 5.12. The van der Waals surface area contributed by atoms with Gasteiger partial charge in [-0.2, -0.15) is 0 Å². The second kappa shape index (κ2) is 4.24. The quantitative estimate of drug-likeness (QED) is 0.770. The first kappa shape index (κ1) is 12.0. The van der Waals surface area contributed by atoms with Crippen LogP contribution in [0.25, 0.3) is 0 Å². The third-order valence-electron chi connectivity index (χ3n) is 5.75. The van der Waals surface area contributed by atoms with Crippen LogP contribution in [0.15, 0.2) is 0 Å². The van der Waals surface area contributed by atoms with Crippen molar-refractivity contribution in [3.63, 3.8) is 0 Å². The molecule has 3 N–H and O–H groups in total. The molecule has 6 atom stereocenters. The predicted octanol–water partition coefficient (Wildman–Crippen LogP) is 2.26.